The highest BCUT2D eigenvalue weighted by atomic mass is 35.5. The molecule has 0 aromatic heterocycles. The number of amides is 1. The van der Waals surface area contributed by atoms with Crippen molar-refractivity contribution in [1.29, 1.82) is 0 Å². The van der Waals surface area contributed by atoms with Crippen molar-refractivity contribution in [1.82, 2.24) is 5.32 Å². The van der Waals surface area contributed by atoms with Crippen LogP contribution in [0.5, 0.6) is 0 Å². The molecule has 0 bridgehead atoms. The Kier molecular flexibility index (Phi) is 5.23. The van der Waals surface area contributed by atoms with Gasteiger partial charge >= 0.3 is 5.97 Å². The number of hydrogen-bond acceptors (Lipinski definition) is 2. The standard InChI is InChI=1S/C16H20ClNO3/c17-13-7-3-2-6-12(13)15(21)18-11-16(10-14(19)20)8-4-1-5-9-16/h2-3,6-7H,1,4-5,8-11H2,(H,18,21)(H,19,20). The van der Waals surface area contributed by atoms with Crippen LogP contribution in [0.4, 0.5) is 0 Å². The van der Waals surface area contributed by atoms with E-state index in [1.807, 2.05) is 0 Å². The maximum Gasteiger partial charge on any atom is 0.303 e. The fourth-order valence-electron chi connectivity index (χ4n) is 3.05. The number of aliphatic carboxylic acids is 1. The summed E-state index contributed by atoms with van der Waals surface area (Å²) < 4.78 is 0. The van der Waals surface area contributed by atoms with E-state index in [4.69, 9.17) is 16.7 Å². The Labute approximate surface area is 129 Å². The van der Waals surface area contributed by atoms with Crippen LogP contribution in [0.1, 0.15) is 48.9 Å². The first-order valence-corrected chi connectivity index (χ1v) is 7.65. The van der Waals surface area contributed by atoms with Gasteiger partial charge in [0.05, 0.1) is 17.0 Å². The van der Waals surface area contributed by atoms with Crippen LogP contribution < -0.4 is 5.32 Å². The Balaban J connectivity index is 2.03. The second-order valence-corrected chi connectivity index (χ2v) is 6.20. The summed E-state index contributed by atoms with van der Waals surface area (Å²) in [4.78, 5) is 23.3. The molecule has 1 aromatic rings. The molecule has 0 saturated heterocycles. The van der Waals surface area contributed by atoms with Crippen LogP contribution >= 0.6 is 11.6 Å². The van der Waals surface area contributed by atoms with Crippen molar-refractivity contribution in [2.75, 3.05) is 6.54 Å². The van der Waals surface area contributed by atoms with Gasteiger partial charge < -0.3 is 10.4 Å². The molecule has 0 radical (unpaired) electrons. The van der Waals surface area contributed by atoms with Gasteiger partial charge in [-0.3, -0.25) is 9.59 Å². The van der Waals surface area contributed by atoms with E-state index in [2.05, 4.69) is 5.32 Å². The van der Waals surface area contributed by atoms with Gasteiger partial charge in [0.15, 0.2) is 0 Å². The van der Waals surface area contributed by atoms with Gasteiger partial charge in [0, 0.05) is 6.54 Å². The van der Waals surface area contributed by atoms with Gasteiger partial charge in [-0.1, -0.05) is 43.0 Å². The van der Waals surface area contributed by atoms with Gasteiger partial charge in [0.25, 0.3) is 5.91 Å². The molecule has 4 nitrogen and oxygen atoms in total. The first-order chi connectivity index (χ1) is 10.0. The van der Waals surface area contributed by atoms with E-state index in [1.165, 1.54) is 0 Å². The number of carboxylic acid groups (broad SMARTS) is 1. The molecule has 0 heterocycles. The molecule has 1 amide bonds. The molecule has 21 heavy (non-hydrogen) atoms. The number of nitrogens with one attached hydrogen (secondary N) is 1. The summed E-state index contributed by atoms with van der Waals surface area (Å²) in [5, 5.41) is 12.4. The van der Waals surface area contributed by atoms with Crippen LogP contribution in [0.15, 0.2) is 24.3 Å². The second-order valence-electron chi connectivity index (χ2n) is 5.79. The molecule has 1 aromatic carbocycles. The number of carbonyl (C=O) groups excluding carboxylic acids is 1. The van der Waals surface area contributed by atoms with Crippen LogP contribution in [0, 0.1) is 5.41 Å². The van der Waals surface area contributed by atoms with E-state index < -0.39 is 5.97 Å². The molecule has 2 N–H and O–H groups in total. The van der Waals surface area contributed by atoms with E-state index in [9.17, 15) is 9.59 Å². The summed E-state index contributed by atoms with van der Waals surface area (Å²) in [5.41, 5.74) is 0.113. The third-order valence-corrected chi connectivity index (χ3v) is 4.51. The fraction of sp³-hybridized carbons (Fsp3) is 0.500. The molecular formula is C16H20ClNO3. The number of carboxylic acids is 1. The van der Waals surface area contributed by atoms with Gasteiger partial charge in [-0.25, -0.2) is 0 Å². The van der Waals surface area contributed by atoms with Crippen molar-refractivity contribution in [3.05, 3.63) is 34.9 Å². The van der Waals surface area contributed by atoms with Crippen molar-refractivity contribution in [2.45, 2.75) is 38.5 Å². The number of benzene rings is 1. The van der Waals surface area contributed by atoms with Crippen LogP contribution in [-0.4, -0.2) is 23.5 Å². The molecule has 1 aliphatic rings. The zero-order valence-electron chi connectivity index (χ0n) is 11.9. The summed E-state index contributed by atoms with van der Waals surface area (Å²) in [6, 6.07) is 6.87. The number of rotatable bonds is 5. The number of halogens is 1. The van der Waals surface area contributed by atoms with Crippen LogP contribution in [0.3, 0.4) is 0 Å². The predicted molar refractivity (Wildman–Crippen MR) is 81.6 cm³/mol. The summed E-state index contributed by atoms with van der Waals surface area (Å²) >= 11 is 6.00. The maximum atomic E-state index is 12.2. The minimum absolute atomic E-state index is 0.107. The number of carbonyl (C=O) groups is 2. The average molecular weight is 310 g/mol. The average Bonchev–Trinajstić information content (AvgIpc) is 2.46. The zero-order valence-corrected chi connectivity index (χ0v) is 12.7. The summed E-state index contributed by atoms with van der Waals surface area (Å²) in [6.45, 7) is 0.392. The second kappa shape index (κ2) is 6.94. The van der Waals surface area contributed by atoms with Gasteiger partial charge in [-0.05, 0) is 30.4 Å². The third kappa shape index (κ3) is 4.21. The third-order valence-electron chi connectivity index (χ3n) is 4.18. The lowest BCUT2D eigenvalue weighted by molar-refractivity contribution is -0.140. The molecule has 2 rings (SSSR count). The zero-order chi connectivity index (χ0) is 15.3. The molecule has 0 aliphatic heterocycles. The Morgan fingerprint density at radius 1 is 1.19 bits per heavy atom. The Hall–Kier alpha value is -1.55. The maximum absolute atomic E-state index is 12.2. The minimum atomic E-state index is -0.802. The lowest BCUT2D eigenvalue weighted by atomic mass is 9.71. The van der Waals surface area contributed by atoms with Gasteiger partial charge in [0.1, 0.15) is 0 Å². The smallest absolute Gasteiger partial charge is 0.303 e. The normalized spacial score (nSPS) is 17.2. The van der Waals surface area contributed by atoms with Crippen molar-refractivity contribution in [3.63, 3.8) is 0 Å². The van der Waals surface area contributed by atoms with Crippen molar-refractivity contribution in [3.8, 4) is 0 Å². The SMILES string of the molecule is O=C(O)CC1(CNC(=O)c2ccccc2Cl)CCCCC1. The molecule has 0 unspecified atom stereocenters. The van der Waals surface area contributed by atoms with E-state index in [-0.39, 0.29) is 17.7 Å². The molecule has 5 heteroatoms. The Bertz CT molecular complexity index is 524. The monoisotopic (exact) mass is 309 g/mol. The lowest BCUT2D eigenvalue weighted by Crippen LogP contribution is -2.40. The highest BCUT2D eigenvalue weighted by Crippen LogP contribution is 2.38. The van der Waals surface area contributed by atoms with Crippen LogP contribution in [0.2, 0.25) is 5.02 Å². The van der Waals surface area contributed by atoms with Crippen molar-refractivity contribution >= 4 is 23.5 Å². The molecular weight excluding hydrogens is 290 g/mol. The topological polar surface area (TPSA) is 66.4 Å². The molecule has 0 spiro atoms. The highest BCUT2D eigenvalue weighted by molar-refractivity contribution is 6.33. The Morgan fingerprint density at radius 2 is 1.86 bits per heavy atom. The van der Waals surface area contributed by atoms with Gasteiger partial charge in [0.2, 0.25) is 0 Å². The van der Waals surface area contributed by atoms with E-state index in [1.54, 1.807) is 24.3 Å². The summed E-state index contributed by atoms with van der Waals surface area (Å²) in [7, 11) is 0. The number of hydrogen-bond donors (Lipinski definition) is 2. The Morgan fingerprint density at radius 3 is 2.48 bits per heavy atom. The minimum Gasteiger partial charge on any atom is -0.481 e. The van der Waals surface area contributed by atoms with Crippen LogP contribution in [0.25, 0.3) is 0 Å². The summed E-state index contributed by atoms with van der Waals surface area (Å²) in [5.74, 6) is -1.04. The van der Waals surface area contributed by atoms with Crippen molar-refractivity contribution < 1.29 is 14.7 Å². The largest absolute Gasteiger partial charge is 0.481 e. The van der Waals surface area contributed by atoms with E-state index in [0.29, 0.717) is 17.1 Å². The molecule has 114 valence electrons. The van der Waals surface area contributed by atoms with Crippen LogP contribution in [-0.2, 0) is 4.79 Å². The molecule has 1 fully saturated rings. The first kappa shape index (κ1) is 15.8. The van der Waals surface area contributed by atoms with E-state index in [0.717, 1.165) is 32.1 Å². The molecule has 1 aliphatic carbocycles. The molecule has 1 saturated carbocycles. The van der Waals surface area contributed by atoms with E-state index >= 15 is 0 Å². The summed E-state index contributed by atoms with van der Waals surface area (Å²) in [6.07, 6.45) is 4.99. The highest BCUT2D eigenvalue weighted by Gasteiger charge is 2.34. The predicted octanol–water partition coefficient (Wildman–Crippen LogP) is 3.50. The molecule has 0 atom stereocenters. The fourth-order valence-corrected chi connectivity index (χ4v) is 3.27. The quantitative estimate of drug-likeness (QED) is 0.875. The van der Waals surface area contributed by atoms with Gasteiger partial charge in [-0.15, -0.1) is 0 Å². The first-order valence-electron chi connectivity index (χ1n) is 7.27. The van der Waals surface area contributed by atoms with Gasteiger partial charge in [-0.2, -0.15) is 0 Å². The van der Waals surface area contributed by atoms with Crippen molar-refractivity contribution in [2.24, 2.45) is 5.41 Å². The lowest BCUT2D eigenvalue weighted by Gasteiger charge is -2.36.